The number of aliphatic carboxylic acids is 1. The van der Waals surface area contributed by atoms with Crippen LogP contribution in [0, 0.1) is 5.92 Å². The van der Waals surface area contributed by atoms with E-state index in [1.165, 1.54) is 6.92 Å². The Morgan fingerprint density at radius 2 is 2.00 bits per heavy atom. The zero-order valence-electron chi connectivity index (χ0n) is 10.6. The Labute approximate surface area is 110 Å². The van der Waals surface area contributed by atoms with Gasteiger partial charge < -0.3 is 10.4 Å². The Balaban J connectivity index is 2.16. The molecule has 1 unspecified atom stereocenters. The third-order valence-electron chi connectivity index (χ3n) is 3.34. The average molecular weight is 261 g/mol. The number of ketones is 1. The normalized spacial score (nSPS) is 17.4. The van der Waals surface area contributed by atoms with Gasteiger partial charge in [-0.25, -0.2) is 4.79 Å². The Bertz CT molecular complexity index is 550. The van der Waals surface area contributed by atoms with E-state index in [-0.39, 0.29) is 5.91 Å². The minimum Gasteiger partial charge on any atom is -0.475 e. The van der Waals surface area contributed by atoms with E-state index in [4.69, 9.17) is 5.11 Å². The lowest BCUT2D eigenvalue weighted by atomic mass is 9.81. The van der Waals surface area contributed by atoms with Crippen molar-refractivity contribution >= 4 is 23.3 Å². The van der Waals surface area contributed by atoms with Gasteiger partial charge in [-0.05, 0) is 42.5 Å². The summed E-state index contributed by atoms with van der Waals surface area (Å²) in [5, 5.41) is 11.4. The number of carboxylic acids is 1. The van der Waals surface area contributed by atoms with E-state index in [0.29, 0.717) is 19.3 Å². The van der Waals surface area contributed by atoms with Crippen LogP contribution in [0.15, 0.2) is 18.2 Å². The van der Waals surface area contributed by atoms with E-state index in [1.807, 2.05) is 12.1 Å². The zero-order valence-corrected chi connectivity index (χ0v) is 10.6. The number of hydrogen-bond donors (Lipinski definition) is 2. The number of carbonyl (C=O) groups excluding carboxylic acids is 2. The molecule has 0 spiro atoms. The molecule has 0 heterocycles. The topological polar surface area (TPSA) is 83.5 Å². The van der Waals surface area contributed by atoms with E-state index >= 15 is 0 Å². The second-order valence-electron chi connectivity index (χ2n) is 4.77. The molecule has 1 aliphatic carbocycles. The largest absolute Gasteiger partial charge is 0.475 e. The summed E-state index contributed by atoms with van der Waals surface area (Å²) >= 11 is 0. The summed E-state index contributed by atoms with van der Waals surface area (Å²) < 4.78 is 0. The Hall–Kier alpha value is -2.17. The van der Waals surface area contributed by atoms with Crippen molar-refractivity contribution in [3.05, 3.63) is 29.3 Å². The quantitative estimate of drug-likeness (QED) is 0.806. The molecule has 5 nitrogen and oxygen atoms in total. The SMILES string of the molecule is CC(=O)Nc1ccc2c(c1)CCC(C(=O)C(=O)O)C2. The molecule has 1 amide bonds. The fraction of sp³-hybridized carbons (Fsp3) is 0.357. The number of carboxylic acid groups (broad SMARTS) is 1. The predicted octanol–water partition coefficient (Wildman–Crippen LogP) is 1.40. The third kappa shape index (κ3) is 2.99. The van der Waals surface area contributed by atoms with Crippen molar-refractivity contribution in [3.8, 4) is 0 Å². The number of benzene rings is 1. The van der Waals surface area contributed by atoms with Crippen LogP contribution in [0.2, 0.25) is 0 Å². The Kier molecular flexibility index (Phi) is 3.64. The van der Waals surface area contributed by atoms with Gasteiger partial charge in [-0.1, -0.05) is 6.07 Å². The molecule has 0 aliphatic heterocycles. The van der Waals surface area contributed by atoms with Crippen LogP contribution in [0.5, 0.6) is 0 Å². The monoisotopic (exact) mass is 261 g/mol. The lowest BCUT2D eigenvalue weighted by Gasteiger charge is -2.22. The highest BCUT2D eigenvalue weighted by molar-refractivity contribution is 6.33. The van der Waals surface area contributed by atoms with Crippen LogP contribution >= 0.6 is 0 Å². The van der Waals surface area contributed by atoms with E-state index in [0.717, 1.165) is 16.8 Å². The van der Waals surface area contributed by atoms with Gasteiger partial charge in [0, 0.05) is 18.5 Å². The molecule has 0 radical (unpaired) electrons. The highest BCUT2D eigenvalue weighted by atomic mass is 16.4. The number of anilines is 1. The summed E-state index contributed by atoms with van der Waals surface area (Å²) in [6, 6.07) is 5.51. The van der Waals surface area contributed by atoms with Crippen molar-refractivity contribution in [1.82, 2.24) is 0 Å². The van der Waals surface area contributed by atoms with Crippen LogP contribution < -0.4 is 5.32 Å². The summed E-state index contributed by atoms with van der Waals surface area (Å²) in [7, 11) is 0. The molecule has 100 valence electrons. The minimum absolute atomic E-state index is 0.130. The minimum atomic E-state index is -1.36. The highest BCUT2D eigenvalue weighted by Crippen LogP contribution is 2.28. The molecule has 0 aromatic heterocycles. The van der Waals surface area contributed by atoms with Gasteiger partial charge in [0.2, 0.25) is 11.7 Å². The molecule has 1 aromatic rings. The fourth-order valence-corrected chi connectivity index (χ4v) is 2.43. The van der Waals surface area contributed by atoms with Crippen molar-refractivity contribution in [3.63, 3.8) is 0 Å². The summed E-state index contributed by atoms with van der Waals surface area (Å²) in [6.45, 7) is 1.45. The number of hydrogen-bond acceptors (Lipinski definition) is 3. The summed E-state index contributed by atoms with van der Waals surface area (Å²) in [4.78, 5) is 33.1. The molecule has 0 saturated heterocycles. The van der Waals surface area contributed by atoms with Gasteiger partial charge in [0.25, 0.3) is 0 Å². The van der Waals surface area contributed by atoms with Gasteiger partial charge in [-0.2, -0.15) is 0 Å². The van der Waals surface area contributed by atoms with Crippen LogP contribution in [0.1, 0.15) is 24.5 Å². The fourth-order valence-electron chi connectivity index (χ4n) is 2.43. The number of nitrogens with one attached hydrogen (secondary N) is 1. The molecule has 1 atom stereocenters. The summed E-state index contributed by atoms with van der Waals surface area (Å²) in [5.74, 6) is -2.63. The molecule has 0 saturated carbocycles. The molecule has 2 N–H and O–H groups in total. The number of carbonyl (C=O) groups is 3. The van der Waals surface area contributed by atoms with Crippen molar-refractivity contribution in [1.29, 1.82) is 0 Å². The maximum absolute atomic E-state index is 11.5. The molecule has 0 fully saturated rings. The maximum atomic E-state index is 11.5. The lowest BCUT2D eigenvalue weighted by molar-refractivity contribution is -0.151. The summed E-state index contributed by atoms with van der Waals surface area (Å²) in [5.41, 5.74) is 2.79. The van der Waals surface area contributed by atoms with Crippen molar-refractivity contribution < 1.29 is 19.5 Å². The third-order valence-corrected chi connectivity index (χ3v) is 3.34. The average Bonchev–Trinajstić information content (AvgIpc) is 2.36. The molecule has 19 heavy (non-hydrogen) atoms. The molecule has 0 bridgehead atoms. The van der Waals surface area contributed by atoms with Gasteiger partial charge in [-0.3, -0.25) is 9.59 Å². The predicted molar refractivity (Wildman–Crippen MR) is 68.9 cm³/mol. The van der Waals surface area contributed by atoms with Gasteiger partial charge in [-0.15, -0.1) is 0 Å². The van der Waals surface area contributed by atoms with Crippen LogP contribution in [-0.2, 0) is 27.2 Å². The first-order valence-electron chi connectivity index (χ1n) is 6.14. The smallest absolute Gasteiger partial charge is 0.372 e. The Morgan fingerprint density at radius 3 is 2.63 bits per heavy atom. The van der Waals surface area contributed by atoms with E-state index in [1.54, 1.807) is 6.07 Å². The van der Waals surface area contributed by atoms with Gasteiger partial charge in [0.1, 0.15) is 0 Å². The molecular formula is C14H15NO4. The molecule has 2 rings (SSSR count). The first-order chi connectivity index (χ1) is 8.97. The molecule has 1 aliphatic rings. The van der Waals surface area contributed by atoms with E-state index in [9.17, 15) is 14.4 Å². The van der Waals surface area contributed by atoms with E-state index < -0.39 is 17.7 Å². The first-order valence-corrected chi connectivity index (χ1v) is 6.14. The number of rotatable bonds is 3. The van der Waals surface area contributed by atoms with E-state index in [2.05, 4.69) is 5.32 Å². The highest BCUT2D eigenvalue weighted by Gasteiger charge is 2.28. The van der Waals surface area contributed by atoms with Crippen LogP contribution in [0.4, 0.5) is 5.69 Å². The number of amides is 1. The first kappa shape index (κ1) is 13.3. The molecule has 1 aromatic carbocycles. The van der Waals surface area contributed by atoms with Gasteiger partial charge in [0.15, 0.2) is 0 Å². The number of Topliss-reactive ketones (excluding diaryl/α,β-unsaturated/α-hetero) is 1. The van der Waals surface area contributed by atoms with Crippen LogP contribution in [0.25, 0.3) is 0 Å². The maximum Gasteiger partial charge on any atom is 0.372 e. The standard InChI is InChI=1S/C14H15NO4/c1-8(16)15-12-5-4-9-6-11(13(17)14(18)19)3-2-10(9)7-12/h4-5,7,11H,2-3,6H2,1H3,(H,15,16)(H,18,19). The van der Waals surface area contributed by atoms with Crippen LogP contribution in [-0.4, -0.2) is 22.8 Å². The second kappa shape index (κ2) is 5.22. The lowest BCUT2D eigenvalue weighted by Crippen LogP contribution is -2.28. The molecule has 5 heteroatoms. The molecular weight excluding hydrogens is 246 g/mol. The van der Waals surface area contributed by atoms with Gasteiger partial charge >= 0.3 is 5.97 Å². The van der Waals surface area contributed by atoms with Crippen molar-refractivity contribution in [2.45, 2.75) is 26.2 Å². The number of aryl methyl sites for hydroxylation is 1. The second-order valence-corrected chi connectivity index (χ2v) is 4.77. The van der Waals surface area contributed by atoms with Gasteiger partial charge in [0.05, 0.1) is 0 Å². The zero-order chi connectivity index (χ0) is 14.0. The number of fused-ring (bicyclic) bond motifs is 1. The Morgan fingerprint density at radius 1 is 1.26 bits per heavy atom. The summed E-state index contributed by atoms with van der Waals surface area (Å²) in [6.07, 6.45) is 1.66. The van der Waals surface area contributed by atoms with Crippen molar-refractivity contribution in [2.24, 2.45) is 5.92 Å². The van der Waals surface area contributed by atoms with Crippen LogP contribution in [0.3, 0.4) is 0 Å². The van der Waals surface area contributed by atoms with Crippen molar-refractivity contribution in [2.75, 3.05) is 5.32 Å².